The van der Waals surface area contributed by atoms with E-state index in [-0.39, 0.29) is 12.1 Å². The van der Waals surface area contributed by atoms with Crippen molar-refractivity contribution in [1.29, 1.82) is 0 Å². The van der Waals surface area contributed by atoms with Crippen LogP contribution in [0.4, 0.5) is 4.79 Å². The Morgan fingerprint density at radius 3 is 2.56 bits per heavy atom. The number of amidine groups is 1. The topological polar surface area (TPSA) is 58.7 Å². The molecule has 0 saturated carbocycles. The fraction of sp³-hybridized carbons (Fsp3) is 0.714. The van der Waals surface area contributed by atoms with Crippen molar-refractivity contribution in [2.24, 2.45) is 16.6 Å². The van der Waals surface area contributed by atoms with Crippen LogP contribution < -0.4 is 5.73 Å². The van der Waals surface area contributed by atoms with E-state index in [9.17, 15) is 4.79 Å². The van der Waals surface area contributed by atoms with Crippen LogP contribution in [0, 0.1) is 18.3 Å². The van der Waals surface area contributed by atoms with Crippen LogP contribution in [0.1, 0.15) is 47.0 Å². The van der Waals surface area contributed by atoms with Gasteiger partial charge in [-0.2, -0.15) is 4.99 Å². The molecule has 0 aliphatic carbocycles. The Bertz CT molecular complexity index is 396. The minimum absolute atomic E-state index is 0.286. The highest BCUT2D eigenvalue weighted by Gasteiger charge is 2.49. The van der Waals surface area contributed by atoms with Crippen molar-refractivity contribution >= 4 is 11.9 Å². The molecule has 0 saturated heterocycles. The largest absolute Gasteiger partial charge is 0.385 e. The van der Waals surface area contributed by atoms with Crippen LogP contribution >= 0.6 is 0 Å². The number of urea groups is 1. The van der Waals surface area contributed by atoms with Crippen molar-refractivity contribution in [1.82, 2.24) is 4.90 Å². The normalized spacial score (nSPS) is 26.7. The Morgan fingerprint density at radius 1 is 1.50 bits per heavy atom. The summed E-state index contributed by atoms with van der Waals surface area (Å²) in [7, 11) is 0. The molecule has 1 aliphatic heterocycles. The van der Waals surface area contributed by atoms with Gasteiger partial charge in [0.15, 0.2) is 0 Å². The second-order valence-corrected chi connectivity index (χ2v) is 5.09. The summed E-state index contributed by atoms with van der Waals surface area (Å²) in [6.07, 6.45) is 8.06. The van der Waals surface area contributed by atoms with Crippen LogP contribution in [0.15, 0.2) is 4.99 Å². The molecule has 18 heavy (non-hydrogen) atoms. The van der Waals surface area contributed by atoms with Crippen LogP contribution in [0.2, 0.25) is 0 Å². The van der Waals surface area contributed by atoms with Gasteiger partial charge in [0, 0.05) is 0 Å². The number of amides is 2. The average molecular weight is 249 g/mol. The van der Waals surface area contributed by atoms with Gasteiger partial charge in [-0.25, -0.2) is 4.79 Å². The minimum Gasteiger partial charge on any atom is -0.385 e. The van der Waals surface area contributed by atoms with Gasteiger partial charge in [-0.15, -0.1) is 6.42 Å². The lowest BCUT2D eigenvalue weighted by molar-refractivity contribution is 0.137. The maximum atomic E-state index is 12.0. The van der Waals surface area contributed by atoms with Crippen molar-refractivity contribution in [2.75, 3.05) is 0 Å². The van der Waals surface area contributed by atoms with E-state index in [2.05, 4.69) is 24.8 Å². The van der Waals surface area contributed by atoms with Gasteiger partial charge in [0.2, 0.25) is 0 Å². The van der Waals surface area contributed by atoms with Crippen molar-refractivity contribution in [2.45, 2.75) is 58.5 Å². The van der Waals surface area contributed by atoms with Gasteiger partial charge in [0.25, 0.3) is 0 Å². The van der Waals surface area contributed by atoms with Gasteiger partial charge in [-0.05, 0) is 25.7 Å². The number of rotatable bonds is 5. The molecule has 2 N–H and O–H groups in total. The molecule has 3 unspecified atom stereocenters. The summed E-state index contributed by atoms with van der Waals surface area (Å²) >= 11 is 0. The zero-order valence-electron chi connectivity index (χ0n) is 11.7. The molecular weight excluding hydrogens is 226 g/mol. The molecule has 3 atom stereocenters. The summed E-state index contributed by atoms with van der Waals surface area (Å²) in [5.74, 6) is 3.50. The molecule has 1 heterocycles. The molecule has 0 bridgehead atoms. The van der Waals surface area contributed by atoms with Gasteiger partial charge in [0.05, 0.1) is 6.04 Å². The number of carbonyl (C=O) groups is 1. The predicted molar refractivity (Wildman–Crippen MR) is 74.2 cm³/mol. The molecule has 100 valence electrons. The van der Waals surface area contributed by atoms with E-state index in [0.717, 1.165) is 19.3 Å². The highest BCUT2D eigenvalue weighted by atomic mass is 16.2. The summed E-state index contributed by atoms with van der Waals surface area (Å²) in [5.41, 5.74) is 5.52. The summed E-state index contributed by atoms with van der Waals surface area (Å²) < 4.78 is 0. The lowest BCUT2D eigenvalue weighted by Crippen LogP contribution is -2.57. The maximum absolute atomic E-state index is 12.0. The van der Waals surface area contributed by atoms with Crippen molar-refractivity contribution in [3.63, 3.8) is 0 Å². The smallest absolute Gasteiger partial charge is 0.347 e. The summed E-state index contributed by atoms with van der Waals surface area (Å²) in [6, 6.07) is -0.589. The van der Waals surface area contributed by atoms with Gasteiger partial charge < -0.3 is 5.73 Å². The van der Waals surface area contributed by atoms with E-state index in [1.165, 1.54) is 0 Å². The lowest BCUT2D eigenvalue weighted by atomic mass is 9.82. The summed E-state index contributed by atoms with van der Waals surface area (Å²) in [5, 5.41) is 0. The molecule has 1 rings (SSSR count). The van der Waals surface area contributed by atoms with E-state index >= 15 is 0 Å². The molecule has 4 heteroatoms. The maximum Gasteiger partial charge on any atom is 0.347 e. The number of nitrogens with zero attached hydrogens (tertiary/aromatic N) is 2. The number of hydrogen-bond donors (Lipinski definition) is 1. The molecule has 2 amide bonds. The Balaban J connectivity index is 3.15. The Kier molecular flexibility index (Phi) is 4.39. The average Bonchev–Trinajstić information content (AvgIpc) is 2.60. The highest BCUT2D eigenvalue weighted by molar-refractivity contribution is 6.06. The second-order valence-electron chi connectivity index (χ2n) is 5.09. The molecule has 4 nitrogen and oxygen atoms in total. The summed E-state index contributed by atoms with van der Waals surface area (Å²) in [4.78, 5) is 17.6. The van der Waals surface area contributed by atoms with E-state index in [1.54, 1.807) is 4.90 Å². The van der Waals surface area contributed by atoms with E-state index in [4.69, 9.17) is 12.2 Å². The third kappa shape index (κ3) is 2.22. The van der Waals surface area contributed by atoms with Crippen molar-refractivity contribution in [3.05, 3.63) is 0 Å². The minimum atomic E-state index is -0.502. The molecule has 0 aromatic carbocycles. The van der Waals surface area contributed by atoms with Gasteiger partial charge in [0.1, 0.15) is 11.4 Å². The number of nitrogens with two attached hydrogens (primary N) is 1. The quantitative estimate of drug-likeness (QED) is 0.760. The molecule has 0 spiro atoms. The van der Waals surface area contributed by atoms with Gasteiger partial charge in [-0.1, -0.05) is 33.1 Å². The zero-order chi connectivity index (χ0) is 13.9. The zero-order valence-corrected chi connectivity index (χ0v) is 11.7. The Morgan fingerprint density at radius 2 is 2.11 bits per heavy atom. The number of aliphatic imine (C=N–C) groups is 1. The first-order valence-electron chi connectivity index (χ1n) is 6.57. The summed E-state index contributed by atoms with van der Waals surface area (Å²) in [6.45, 7) is 8.16. The number of carbonyl (C=O) groups excluding carboxylic acids is 1. The van der Waals surface area contributed by atoms with E-state index in [0.29, 0.717) is 11.8 Å². The van der Waals surface area contributed by atoms with Crippen LogP contribution in [0.3, 0.4) is 0 Å². The molecule has 0 aromatic rings. The van der Waals surface area contributed by atoms with Gasteiger partial charge in [-0.3, -0.25) is 4.90 Å². The lowest BCUT2D eigenvalue weighted by Gasteiger charge is -2.40. The molecular formula is C14H23N3O. The highest BCUT2D eigenvalue weighted by Crippen LogP contribution is 2.35. The van der Waals surface area contributed by atoms with Crippen LogP contribution in [0.25, 0.3) is 0 Å². The first-order valence-corrected chi connectivity index (χ1v) is 6.57. The first kappa shape index (κ1) is 14.6. The number of hydrogen-bond acceptors (Lipinski definition) is 2. The second kappa shape index (κ2) is 5.43. The molecule has 0 radical (unpaired) electrons. The van der Waals surface area contributed by atoms with E-state index in [1.807, 2.05) is 13.8 Å². The SMILES string of the molecule is C#CC(C)N1C(=O)N=C(N)C1(CC)CC(C)CC. The molecule has 1 aliphatic rings. The van der Waals surface area contributed by atoms with E-state index < -0.39 is 5.54 Å². The first-order chi connectivity index (χ1) is 8.42. The van der Waals surface area contributed by atoms with Crippen molar-refractivity contribution < 1.29 is 4.79 Å². The Hall–Kier alpha value is -1.50. The van der Waals surface area contributed by atoms with Crippen LogP contribution in [-0.2, 0) is 0 Å². The number of terminal acetylenes is 1. The molecule has 0 fully saturated rings. The van der Waals surface area contributed by atoms with Crippen LogP contribution in [-0.4, -0.2) is 28.3 Å². The Labute approximate surface area is 110 Å². The monoisotopic (exact) mass is 249 g/mol. The predicted octanol–water partition coefficient (Wildman–Crippen LogP) is 2.39. The molecule has 0 aromatic heterocycles. The van der Waals surface area contributed by atoms with Crippen LogP contribution in [0.5, 0.6) is 0 Å². The fourth-order valence-electron chi connectivity index (χ4n) is 2.60. The standard InChI is InChI=1S/C14H23N3O/c1-6-10(4)9-14(8-3)12(15)16-13(18)17(14)11(5)7-2/h2,10-11H,6,8-9H2,1,3-5H3,(H2,15,16,18). The third-order valence-corrected chi connectivity index (χ3v) is 3.96. The third-order valence-electron chi connectivity index (χ3n) is 3.96. The fourth-order valence-corrected chi connectivity index (χ4v) is 2.60. The van der Waals surface area contributed by atoms with Crippen molar-refractivity contribution in [3.8, 4) is 12.3 Å². The van der Waals surface area contributed by atoms with Gasteiger partial charge >= 0.3 is 6.03 Å².